The van der Waals surface area contributed by atoms with Crippen LogP contribution in [0.3, 0.4) is 0 Å². The van der Waals surface area contributed by atoms with Gasteiger partial charge in [-0.15, -0.1) is 6.58 Å². The summed E-state index contributed by atoms with van der Waals surface area (Å²) in [5, 5.41) is 4.60. The molecule has 1 N–H and O–H groups in total. The number of unbranched alkanes of at least 4 members (excludes halogenated alkanes) is 1. The normalized spacial score (nSPS) is 10.2. The molecule has 0 bridgehead atoms. The highest BCUT2D eigenvalue weighted by Crippen LogP contribution is 2.30. The van der Waals surface area contributed by atoms with Crippen LogP contribution in [0.4, 0.5) is 20.2 Å². The standard InChI is InChI=1S/C22H25F2N3.C2H7N.2C2H6/c1-5-6-7-12-26(3)18-8-10-20-16(14-18)13-17-15-19(9-11-21(17)25-20)27(4)22(2,23)24;1-3-2;2*1-2/h5,8-11,13-15H,1,6-7,12H2,2-4H3;3H,1-2H3;2*1-2H3. The lowest BCUT2D eigenvalue weighted by Gasteiger charge is -2.26. The van der Waals surface area contributed by atoms with Crippen molar-refractivity contribution in [3.63, 3.8) is 0 Å². The Balaban J connectivity index is 0.00000141. The second-order valence-corrected chi connectivity index (χ2v) is 7.50. The lowest BCUT2D eigenvalue weighted by molar-refractivity contribution is 0.0236. The second kappa shape index (κ2) is 16.0. The van der Waals surface area contributed by atoms with Crippen molar-refractivity contribution < 1.29 is 8.78 Å². The van der Waals surface area contributed by atoms with Crippen molar-refractivity contribution in [3.8, 4) is 0 Å². The molecule has 34 heavy (non-hydrogen) atoms. The molecule has 4 nitrogen and oxygen atoms in total. The highest BCUT2D eigenvalue weighted by Gasteiger charge is 2.27. The summed E-state index contributed by atoms with van der Waals surface area (Å²) in [7, 11) is 7.21. The van der Waals surface area contributed by atoms with Gasteiger partial charge in [0, 0.05) is 49.7 Å². The molecule has 3 rings (SSSR count). The molecule has 190 valence electrons. The smallest absolute Gasteiger partial charge is 0.322 e. The summed E-state index contributed by atoms with van der Waals surface area (Å²) in [4.78, 5) is 7.85. The predicted octanol–water partition coefficient (Wildman–Crippen LogP) is 7.73. The number of hydrogen-bond acceptors (Lipinski definition) is 4. The van der Waals surface area contributed by atoms with Crippen LogP contribution in [0.1, 0.15) is 47.5 Å². The molecule has 2 aromatic carbocycles. The van der Waals surface area contributed by atoms with E-state index in [1.165, 1.54) is 7.05 Å². The van der Waals surface area contributed by atoms with Crippen molar-refractivity contribution in [2.75, 3.05) is 44.5 Å². The van der Waals surface area contributed by atoms with Gasteiger partial charge < -0.3 is 15.1 Å². The van der Waals surface area contributed by atoms with Gasteiger partial charge in [-0.05, 0) is 69.4 Å². The second-order valence-electron chi connectivity index (χ2n) is 7.50. The topological polar surface area (TPSA) is 31.4 Å². The maximum atomic E-state index is 13.6. The van der Waals surface area contributed by atoms with E-state index in [4.69, 9.17) is 0 Å². The van der Waals surface area contributed by atoms with Crippen LogP contribution in [-0.4, -0.2) is 45.8 Å². The quantitative estimate of drug-likeness (QED) is 0.164. The molecule has 0 fully saturated rings. The zero-order valence-corrected chi connectivity index (χ0v) is 22.5. The van der Waals surface area contributed by atoms with Gasteiger partial charge in [0.25, 0.3) is 0 Å². The number of benzene rings is 2. The molecule has 0 aliphatic carbocycles. The van der Waals surface area contributed by atoms with Crippen LogP contribution in [0.2, 0.25) is 0 Å². The number of pyridine rings is 1. The predicted molar refractivity (Wildman–Crippen MR) is 149 cm³/mol. The average molecular weight is 475 g/mol. The van der Waals surface area contributed by atoms with E-state index in [0.29, 0.717) is 5.69 Å². The summed E-state index contributed by atoms with van der Waals surface area (Å²) in [5.74, 6) is 0. The summed E-state index contributed by atoms with van der Waals surface area (Å²) in [6, 6.07) is 10.5. The largest absolute Gasteiger partial charge is 0.375 e. The number of rotatable bonds is 7. The summed E-state index contributed by atoms with van der Waals surface area (Å²) in [6.07, 6.45) is 3.97. The summed E-state index contributed by atoms with van der Waals surface area (Å²) < 4.78 is 27.2. The number of hydrogen-bond donors (Lipinski definition) is 1. The van der Waals surface area contributed by atoms with E-state index in [2.05, 4.69) is 41.0 Å². The Labute approximate surface area is 205 Å². The molecule has 0 saturated heterocycles. The van der Waals surface area contributed by atoms with E-state index in [9.17, 15) is 8.78 Å². The van der Waals surface area contributed by atoms with Crippen molar-refractivity contribution in [3.05, 3.63) is 55.1 Å². The van der Waals surface area contributed by atoms with E-state index >= 15 is 0 Å². The van der Waals surface area contributed by atoms with Crippen LogP contribution in [0.15, 0.2) is 55.1 Å². The van der Waals surface area contributed by atoms with Crippen LogP contribution in [0.5, 0.6) is 0 Å². The van der Waals surface area contributed by atoms with Gasteiger partial charge in [0.1, 0.15) is 0 Å². The number of allylic oxidation sites excluding steroid dienone is 1. The molecular formula is C28H44F2N4. The van der Waals surface area contributed by atoms with Gasteiger partial charge in [-0.2, -0.15) is 8.78 Å². The fourth-order valence-corrected chi connectivity index (χ4v) is 3.09. The van der Waals surface area contributed by atoms with Crippen LogP contribution >= 0.6 is 0 Å². The third-order valence-corrected chi connectivity index (χ3v) is 4.89. The molecule has 6 heteroatoms. The fourth-order valence-electron chi connectivity index (χ4n) is 3.09. The van der Waals surface area contributed by atoms with Crippen LogP contribution in [-0.2, 0) is 0 Å². The zero-order valence-electron chi connectivity index (χ0n) is 22.5. The molecule has 1 heterocycles. The summed E-state index contributed by atoms with van der Waals surface area (Å²) in [6.45, 7) is 13.6. The third-order valence-electron chi connectivity index (χ3n) is 4.89. The minimum absolute atomic E-state index is 0.467. The van der Waals surface area contributed by atoms with Crippen molar-refractivity contribution in [1.29, 1.82) is 0 Å². The van der Waals surface area contributed by atoms with Gasteiger partial charge >= 0.3 is 6.05 Å². The number of nitrogens with one attached hydrogen (secondary N) is 1. The van der Waals surface area contributed by atoms with Gasteiger partial charge in [-0.25, -0.2) is 4.98 Å². The third kappa shape index (κ3) is 9.26. The Kier molecular flexibility index (Phi) is 14.7. The van der Waals surface area contributed by atoms with Gasteiger partial charge in [-0.1, -0.05) is 33.8 Å². The maximum Gasteiger partial charge on any atom is 0.322 e. The Morgan fingerprint density at radius 2 is 1.38 bits per heavy atom. The minimum Gasteiger partial charge on any atom is -0.375 e. The molecule has 0 aliphatic heterocycles. The number of anilines is 2. The first kappa shape index (κ1) is 31.3. The SMILES string of the molecule is C=CCCCN(C)c1ccc2nc3ccc(N(C)C(C)(F)F)cc3cc2c1.CC.CC.CNC. The minimum atomic E-state index is -2.92. The van der Waals surface area contributed by atoms with E-state index < -0.39 is 6.05 Å². The average Bonchev–Trinajstić information content (AvgIpc) is 2.84. The lowest BCUT2D eigenvalue weighted by atomic mass is 10.1. The first-order valence-corrected chi connectivity index (χ1v) is 12.1. The first-order chi connectivity index (χ1) is 16.2. The molecule has 0 atom stereocenters. The van der Waals surface area contributed by atoms with Crippen molar-refractivity contribution >= 4 is 33.2 Å². The van der Waals surface area contributed by atoms with Crippen molar-refractivity contribution in [2.45, 2.75) is 53.5 Å². The van der Waals surface area contributed by atoms with E-state index in [-0.39, 0.29) is 0 Å². The monoisotopic (exact) mass is 474 g/mol. The van der Waals surface area contributed by atoms with E-state index in [0.717, 1.165) is 58.7 Å². The molecule has 0 spiro atoms. The number of alkyl halides is 2. The number of nitrogens with zero attached hydrogens (tertiary/aromatic N) is 3. The van der Waals surface area contributed by atoms with E-state index in [1.807, 2.05) is 60.0 Å². The molecule has 1 aromatic heterocycles. The summed E-state index contributed by atoms with van der Waals surface area (Å²) >= 11 is 0. The Hall–Kier alpha value is -2.73. The summed E-state index contributed by atoms with van der Waals surface area (Å²) in [5.41, 5.74) is 3.27. The van der Waals surface area contributed by atoms with Gasteiger partial charge in [-0.3, -0.25) is 0 Å². The highest BCUT2D eigenvalue weighted by molar-refractivity contribution is 5.95. The van der Waals surface area contributed by atoms with Crippen LogP contribution in [0, 0.1) is 0 Å². The number of halogens is 2. The number of aromatic nitrogens is 1. The van der Waals surface area contributed by atoms with Crippen LogP contribution < -0.4 is 15.1 Å². The van der Waals surface area contributed by atoms with Crippen molar-refractivity contribution in [2.24, 2.45) is 0 Å². The zero-order chi connectivity index (χ0) is 26.3. The molecule has 0 saturated carbocycles. The molecule has 0 radical (unpaired) electrons. The molecule has 3 aromatic rings. The molecule has 0 aliphatic rings. The van der Waals surface area contributed by atoms with E-state index in [1.54, 1.807) is 18.2 Å². The lowest BCUT2D eigenvalue weighted by Crippen LogP contribution is -2.35. The maximum absolute atomic E-state index is 13.6. The Bertz CT molecular complexity index is 983. The van der Waals surface area contributed by atoms with Gasteiger partial charge in [0.05, 0.1) is 11.0 Å². The van der Waals surface area contributed by atoms with Gasteiger partial charge in [0.2, 0.25) is 0 Å². The Morgan fingerprint density at radius 1 is 0.912 bits per heavy atom. The Morgan fingerprint density at radius 3 is 1.85 bits per heavy atom. The van der Waals surface area contributed by atoms with Crippen molar-refractivity contribution in [1.82, 2.24) is 10.3 Å². The fraction of sp³-hybridized carbons (Fsp3) is 0.464. The molecular weight excluding hydrogens is 430 g/mol. The molecule has 0 amide bonds. The molecule has 0 unspecified atom stereocenters. The first-order valence-electron chi connectivity index (χ1n) is 12.1. The highest BCUT2D eigenvalue weighted by atomic mass is 19.3. The van der Waals surface area contributed by atoms with Crippen LogP contribution in [0.25, 0.3) is 21.8 Å². The van der Waals surface area contributed by atoms with Gasteiger partial charge in [0.15, 0.2) is 0 Å². The number of fused-ring (bicyclic) bond motifs is 2.